The smallest absolute Gasteiger partial charge is 0.251 e. The van der Waals surface area contributed by atoms with Crippen LogP contribution in [0.15, 0.2) is 24.3 Å². The second kappa shape index (κ2) is 6.00. The lowest BCUT2D eigenvalue weighted by Gasteiger charge is -2.14. The maximum absolute atomic E-state index is 11.8. The SMILES string of the molecule is COC[C@H](NC(=O)c1ccc(N)cc1)C(C)=O. The summed E-state index contributed by atoms with van der Waals surface area (Å²) in [5.74, 6) is -0.460. The predicted octanol–water partition coefficient (Wildman–Crippen LogP) is 0.603. The number of carbonyl (C=O) groups excluding carboxylic acids is 2. The molecule has 5 heteroatoms. The summed E-state index contributed by atoms with van der Waals surface area (Å²) in [6.45, 7) is 1.57. The van der Waals surface area contributed by atoms with Gasteiger partial charge in [-0.15, -0.1) is 0 Å². The van der Waals surface area contributed by atoms with Gasteiger partial charge in [0.25, 0.3) is 5.91 Å². The number of rotatable bonds is 5. The number of amides is 1. The number of nitrogens with two attached hydrogens (primary N) is 1. The molecule has 5 nitrogen and oxygen atoms in total. The molecule has 1 aromatic carbocycles. The third-order valence-corrected chi connectivity index (χ3v) is 2.30. The average molecular weight is 236 g/mol. The van der Waals surface area contributed by atoms with Crippen LogP contribution in [0.1, 0.15) is 17.3 Å². The highest BCUT2D eigenvalue weighted by Gasteiger charge is 2.17. The second-order valence-corrected chi connectivity index (χ2v) is 3.71. The van der Waals surface area contributed by atoms with Gasteiger partial charge < -0.3 is 15.8 Å². The molecule has 0 saturated heterocycles. The topological polar surface area (TPSA) is 81.4 Å². The number of ketones is 1. The molecule has 0 fully saturated rings. The molecule has 0 aliphatic rings. The molecule has 1 rings (SSSR count). The van der Waals surface area contributed by atoms with Gasteiger partial charge in [-0.3, -0.25) is 9.59 Å². The molecule has 0 aromatic heterocycles. The van der Waals surface area contributed by atoms with Crippen molar-refractivity contribution in [3.05, 3.63) is 29.8 Å². The molecule has 0 bridgehead atoms. The van der Waals surface area contributed by atoms with E-state index in [0.29, 0.717) is 11.3 Å². The standard InChI is InChI=1S/C12H16N2O3/c1-8(15)11(7-17-2)14-12(16)9-3-5-10(13)6-4-9/h3-6,11H,7,13H2,1-2H3,(H,14,16)/t11-/m0/s1. The first-order valence-electron chi connectivity index (χ1n) is 5.20. The van der Waals surface area contributed by atoms with Crippen molar-refractivity contribution in [2.24, 2.45) is 0 Å². The van der Waals surface area contributed by atoms with Crippen LogP contribution >= 0.6 is 0 Å². The van der Waals surface area contributed by atoms with Crippen molar-refractivity contribution in [1.29, 1.82) is 0 Å². The summed E-state index contributed by atoms with van der Waals surface area (Å²) in [5.41, 5.74) is 6.56. The van der Waals surface area contributed by atoms with Crippen molar-refractivity contribution in [3.8, 4) is 0 Å². The Kier molecular flexibility index (Phi) is 4.66. The van der Waals surface area contributed by atoms with E-state index >= 15 is 0 Å². The van der Waals surface area contributed by atoms with Gasteiger partial charge in [-0.2, -0.15) is 0 Å². The van der Waals surface area contributed by atoms with Crippen LogP contribution in [-0.4, -0.2) is 31.4 Å². The molecule has 1 atom stereocenters. The number of hydrogen-bond acceptors (Lipinski definition) is 4. The summed E-state index contributed by atoms with van der Waals surface area (Å²) in [5, 5.41) is 2.60. The van der Waals surface area contributed by atoms with Crippen LogP contribution in [0.5, 0.6) is 0 Å². The van der Waals surface area contributed by atoms with E-state index in [-0.39, 0.29) is 18.3 Å². The van der Waals surface area contributed by atoms with Crippen molar-refractivity contribution in [3.63, 3.8) is 0 Å². The van der Waals surface area contributed by atoms with E-state index in [4.69, 9.17) is 10.5 Å². The molecular formula is C12H16N2O3. The van der Waals surface area contributed by atoms with Crippen molar-refractivity contribution in [2.75, 3.05) is 19.5 Å². The number of hydrogen-bond donors (Lipinski definition) is 2. The number of carbonyl (C=O) groups is 2. The third kappa shape index (κ3) is 3.88. The summed E-state index contributed by atoms with van der Waals surface area (Å²) in [4.78, 5) is 23.0. The Labute approximate surface area is 99.9 Å². The normalized spacial score (nSPS) is 11.9. The van der Waals surface area contributed by atoms with E-state index in [1.807, 2.05) is 0 Å². The van der Waals surface area contributed by atoms with Crippen molar-refractivity contribution in [1.82, 2.24) is 5.32 Å². The number of nitrogens with one attached hydrogen (secondary N) is 1. The number of methoxy groups -OCH3 is 1. The Hall–Kier alpha value is -1.88. The lowest BCUT2D eigenvalue weighted by atomic mass is 10.1. The zero-order valence-corrected chi connectivity index (χ0v) is 9.90. The molecule has 17 heavy (non-hydrogen) atoms. The van der Waals surface area contributed by atoms with Gasteiger partial charge in [0, 0.05) is 18.4 Å². The maximum atomic E-state index is 11.8. The van der Waals surface area contributed by atoms with Crippen molar-refractivity contribution in [2.45, 2.75) is 13.0 Å². The summed E-state index contributed by atoms with van der Waals surface area (Å²) in [6, 6.07) is 5.86. The second-order valence-electron chi connectivity index (χ2n) is 3.71. The Balaban J connectivity index is 2.70. The van der Waals surface area contributed by atoms with E-state index in [0.717, 1.165) is 0 Å². The highest BCUT2D eigenvalue weighted by molar-refractivity contribution is 5.97. The maximum Gasteiger partial charge on any atom is 0.251 e. The lowest BCUT2D eigenvalue weighted by molar-refractivity contribution is -0.119. The highest BCUT2D eigenvalue weighted by Crippen LogP contribution is 2.05. The number of anilines is 1. The lowest BCUT2D eigenvalue weighted by Crippen LogP contribution is -2.42. The molecule has 0 aliphatic carbocycles. The van der Waals surface area contributed by atoms with E-state index in [1.165, 1.54) is 14.0 Å². The quantitative estimate of drug-likeness (QED) is 0.734. The summed E-state index contributed by atoms with van der Waals surface area (Å²) < 4.78 is 4.87. The van der Waals surface area contributed by atoms with E-state index in [2.05, 4.69) is 5.32 Å². The molecule has 1 amide bonds. The first kappa shape index (κ1) is 13.2. The largest absolute Gasteiger partial charge is 0.399 e. The van der Waals surface area contributed by atoms with Crippen molar-refractivity contribution >= 4 is 17.4 Å². The number of benzene rings is 1. The summed E-state index contributed by atoms with van der Waals surface area (Å²) >= 11 is 0. The van der Waals surface area contributed by atoms with E-state index in [1.54, 1.807) is 24.3 Å². The van der Waals surface area contributed by atoms with Gasteiger partial charge in [-0.25, -0.2) is 0 Å². The average Bonchev–Trinajstić information content (AvgIpc) is 2.29. The number of nitrogen functional groups attached to an aromatic ring is 1. The molecule has 0 saturated carbocycles. The minimum Gasteiger partial charge on any atom is -0.399 e. The number of ether oxygens (including phenoxy) is 1. The molecule has 3 N–H and O–H groups in total. The fourth-order valence-corrected chi connectivity index (χ4v) is 1.30. The van der Waals surface area contributed by atoms with Gasteiger partial charge in [0.1, 0.15) is 6.04 Å². The Morgan fingerprint density at radius 3 is 2.41 bits per heavy atom. The molecule has 0 spiro atoms. The van der Waals surface area contributed by atoms with E-state index < -0.39 is 6.04 Å². The van der Waals surface area contributed by atoms with Gasteiger partial charge in [0.2, 0.25) is 0 Å². The molecule has 1 aromatic rings. The van der Waals surface area contributed by atoms with Gasteiger partial charge >= 0.3 is 0 Å². The predicted molar refractivity (Wildman–Crippen MR) is 64.7 cm³/mol. The number of Topliss-reactive ketones (excluding diaryl/α,β-unsaturated/α-hetero) is 1. The van der Waals surface area contributed by atoms with Crippen LogP contribution in [0.25, 0.3) is 0 Å². The molecule has 0 unspecified atom stereocenters. The van der Waals surface area contributed by atoms with Crippen LogP contribution in [0.3, 0.4) is 0 Å². The van der Waals surface area contributed by atoms with Crippen LogP contribution in [0, 0.1) is 0 Å². The third-order valence-electron chi connectivity index (χ3n) is 2.30. The van der Waals surface area contributed by atoms with Crippen molar-refractivity contribution < 1.29 is 14.3 Å². The zero-order chi connectivity index (χ0) is 12.8. The minimum atomic E-state index is -0.620. The van der Waals surface area contributed by atoms with Gasteiger partial charge in [-0.05, 0) is 31.2 Å². The molecule has 0 aliphatic heterocycles. The van der Waals surface area contributed by atoms with Crippen LogP contribution in [-0.2, 0) is 9.53 Å². The van der Waals surface area contributed by atoms with Gasteiger partial charge in [0.05, 0.1) is 6.61 Å². The Morgan fingerprint density at radius 1 is 1.35 bits per heavy atom. The molecule has 0 heterocycles. The fourth-order valence-electron chi connectivity index (χ4n) is 1.30. The molecule has 92 valence electrons. The highest BCUT2D eigenvalue weighted by atomic mass is 16.5. The van der Waals surface area contributed by atoms with Crippen LogP contribution in [0.4, 0.5) is 5.69 Å². The first-order valence-corrected chi connectivity index (χ1v) is 5.20. The molecule has 0 radical (unpaired) electrons. The zero-order valence-electron chi connectivity index (χ0n) is 9.90. The monoisotopic (exact) mass is 236 g/mol. The first-order chi connectivity index (χ1) is 8.04. The summed E-state index contributed by atoms with van der Waals surface area (Å²) in [7, 11) is 1.48. The Bertz CT molecular complexity index is 401. The minimum absolute atomic E-state index is 0.143. The fraction of sp³-hybridized carbons (Fsp3) is 0.333. The van der Waals surface area contributed by atoms with Gasteiger partial charge in [-0.1, -0.05) is 0 Å². The van der Waals surface area contributed by atoms with Gasteiger partial charge in [0.15, 0.2) is 5.78 Å². The Morgan fingerprint density at radius 2 is 1.94 bits per heavy atom. The van der Waals surface area contributed by atoms with Crippen LogP contribution in [0.2, 0.25) is 0 Å². The van der Waals surface area contributed by atoms with Crippen LogP contribution < -0.4 is 11.1 Å². The van der Waals surface area contributed by atoms with E-state index in [9.17, 15) is 9.59 Å². The summed E-state index contributed by atoms with van der Waals surface area (Å²) in [6.07, 6.45) is 0. The molecular weight excluding hydrogens is 220 g/mol.